The van der Waals surface area contributed by atoms with Crippen molar-refractivity contribution in [1.82, 2.24) is 5.32 Å². The second kappa shape index (κ2) is 8.97. The molecule has 3 rings (SSSR count). The summed E-state index contributed by atoms with van der Waals surface area (Å²) in [4.78, 5) is 1.76. The Balaban J connectivity index is 1.86. The maximum Gasteiger partial charge on any atom is 0.197 e. The van der Waals surface area contributed by atoms with Crippen LogP contribution in [-0.4, -0.2) is 10.2 Å². The van der Waals surface area contributed by atoms with E-state index < -0.39 is 6.30 Å². The molecule has 3 aromatic carbocycles. The highest BCUT2D eigenvalue weighted by atomic mass is 79.9. The zero-order valence-corrected chi connectivity index (χ0v) is 16.8. The lowest BCUT2D eigenvalue weighted by Gasteiger charge is -2.27. The SMILES string of the molecule is Oc1ccc(Br)cc1CN(C(=S)NC(F)c1ccccc1)c1ccccc1. The lowest BCUT2D eigenvalue weighted by molar-refractivity contribution is 0.321. The number of thiocarbonyl (C=S) groups is 1. The molecular formula is C21H18BrFN2OS. The molecule has 0 saturated carbocycles. The minimum atomic E-state index is -1.43. The van der Waals surface area contributed by atoms with Gasteiger partial charge in [0.2, 0.25) is 0 Å². The van der Waals surface area contributed by atoms with Gasteiger partial charge in [-0.25, -0.2) is 4.39 Å². The predicted molar refractivity (Wildman–Crippen MR) is 114 cm³/mol. The summed E-state index contributed by atoms with van der Waals surface area (Å²) in [5, 5.41) is 13.2. The Kier molecular flexibility index (Phi) is 6.42. The molecule has 0 aliphatic heterocycles. The topological polar surface area (TPSA) is 35.5 Å². The van der Waals surface area contributed by atoms with Gasteiger partial charge >= 0.3 is 0 Å². The van der Waals surface area contributed by atoms with Crippen molar-refractivity contribution in [2.75, 3.05) is 4.90 Å². The molecule has 6 heteroatoms. The molecule has 0 spiro atoms. The van der Waals surface area contributed by atoms with Crippen LogP contribution in [0, 0.1) is 0 Å². The van der Waals surface area contributed by atoms with Crippen molar-refractivity contribution in [2.45, 2.75) is 12.8 Å². The van der Waals surface area contributed by atoms with Gasteiger partial charge < -0.3 is 15.3 Å². The lowest BCUT2D eigenvalue weighted by Crippen LogP contribution is -2.40. The summed E-state index contributed by atoms with van der Waals surface area (Å²) in [5.41, 5.74) is 1.97. The summed E-state index contributed by atoms with van der Waals surface area (Å²) in [5.74, 6) is 0.154. The van der Waals surface area contributed by atoms with Crippen molar-refractivity contribution in [1.29, 1.82) is 0 Å². The van der Waals surface area contributed by atoms with E-state index in [9.17, 15) is 9.50 Å². The van der Waals surface area contributed by atoms with Gasteiger partial charge in [0.15, 0.2) is 11.4 Å². The molecule has 1 atom stereocenters. The molecule has 0 aromatic heterocycles. The number of rotatable bonds is 5. The summed E-state index contributed by atoms with van der Waals surface area (Å²) in [7, 11) is 0. The van der Waals surface area contributed by atoms with E-state index in [0.29, 0.717) is 17.7 Å². The van der Waals surface area contributed by atoms with E-state index in [0.717, 1.165) is 10.2 Å². The quantitative estimate of drug-likeness (QED) is 0.390. The monoisotopic (exact) mass is 444 g/mol. The first-order valence-corrected chi connectivity index (χ1v) is 9.54. The van der Waals surface area contributed by atoms with Gasteiger partial charge in [-0.3, -0.25) is 0 Å². The summed E-state index contributed by atoms with van der Waals surface area (Å²) in [6, 6.07) is 23.4. The first-order valence-electron chi connectivity index (χ1n) is 8.34. The van der Waals surface area contributed by atoms with E-state index in [-0.39, 0.29) is 10.9 Å². The van der Waals surface area contributed by atoms with E-state index in [1.54, 1.807) is 41.3 Å². The minimum Gasteiger partial charge on any atom is -0.508 e. The van der Waals surface area contributed by atoms with Crippen molar-refractivity contribution in [3.05, 3.63) is 94.5 Å². The van der Waals surface area contributed by atoms with Gasteiger partial charge in [0.1, 0.15) is 5.75 Å². The number of phenolic OH excluding ortho intramolecular Hbond substituents is 1. The van der Waals surface area contributed by atoms with Gasteiger partial charge in [-0.05, 0) is 42.5 Å². The second-order valence-electron chi connectivity index (χ2n) is 5.92. The molecule has 0 aliphatic rings. The molecule has 3 nitrogen and oxygen atoms in total. The molecule has 0 aliphatic carbocycles. The molecule has 0 heterocycles. The maximum absolute atomic E-state index is 14.7. The average Bonchev–Trinajstić information content (AvgIpc) is 2.69. The number of aromatic hydroxyl groups is 1. The summed E-state index contributed by atoms with van der Waals surface area (Å²) < 4.78 is 15.5. The molecule has 1 unspecified atom stereocenters. The molecule has 0 radical (unpaired) electrons. The molecule has 0 amide bonds. The van der Waals surface area contributed by atoms with Crippen LogP contribution < -0.4 is 10.2 Å². The molecular weight excluding hydrogens is 427 g/mol. The number of hydrogen-bond donors (Lipinski definition) is 2. The molecule has 2 N–H and O–H groups in total. The lowest BCUT2D eigenvalue weighted by atomic mass is 10.1. The number of nitrogens with one attached hydrogen (secondary N) is 1. The van der Waals surface area contributed by atoms with Crippen LogP contribution in [-0.2, 0) is 6.54 Å². The van der Waals surface area contributed by atoms with E-state index in [1.807, 2.05) is 42.5 Å². The van der Waals surface area contributed by atoms with Gasteiger partial charge in [0, 0.05) is 21.3 Å². The van der Waals surface area contributed by atoms with Crippen LogP contribution in [0.15, 0.2) is 83.3 Å². The summed E-state index contributed by atoms with van der Waals surface area (Å²) in [6.07, 6.45) is -1.43. The highest BCUT2D eigenvalue weighted by Gasteiger charge is 2.18. The van der Waals surface area contributed by atoms with Crippen molar-refractivity contribution in [3.8, 4) is 5.75 Å². The van der Waals surface area contributed by atoms with Gasteiger partial charge in [0.25, 0.3) is 0 Å². The second-order valence-corrected chi connectivity index (χ2v) is 7.22. The Morgan fingerprint density at radius 2 is 1.67 bits per heavy atom. The van der Waals surface area contributed by atoms with Crippen LogP contribution in [0.5, 0.6) is 5.75 Å². The average molecular weight is 445 g/mol. The third-order valence-corrected chi connectivity index (χ3v) is 4.86. The van der Waals surface area contributed by atoms with Gasteiger partial charge in [0.05, 0.1) is 6.54 Å². The third-order valence-electron chi connectivity index (χ3n) is 4.03. The standard InChI is InChI=1S/C21H18BrFN2OS/c22-17-11-12-19(26)16(13-17)14-25(18-9-5-2-6-10-18)21(27)24-20(23)15-7-3-1-4-8-15/h1-13,20,26H,14H2,(H,24,27). The largest absolute Gasteiger partial charge is 0.508 e. The fourth-order valence-corrected chi connectivity index (χ4v) is 3.31. The van der Waals surface area contributed by atoms with Crippen molar-refractivity contribution in [3.63, 3.8) is 0 Å². The molecule has 138 valence electrons. The van der Waals surface area contributed by atoms with Crippen LogP contribution in [0.3, 0.4) is 0 Å². The Labute approximate surface area is 171 Å². The highest BCUT2D eigenvalue weighted by molar-refractivity contribution is 9.10. The molecule has 0 bridgehead atoms. The van der Waals surface area contributed by atoms with E-state index in [2.05, 4.69) is 21.2 Å². The number of alkyl halides is 1. The van der Waals surface area contributed by atoms with Crippen LogP contribution in [0.4, 0.5) is 10.1 Å². The van der Waals surface area contributed by atoms with Crippen LogP contribution in [0.25, 0.3) is 0 Å². The van der Waals surface area contributed by atoms with Crippen molar-refractivity contribution < 1.29 is 9.50 Å². The zero-order chi connectivity index (χ0) is 19.2. The number of halogens is 2. The van der Waals surface area contributed by atoms with E-state index in [1.165, 1.54) is 0 Å². The van der Waals surface area contributed by atoms with Crippen molar-refractivity contribution >= 4 is 38.9 Å². The first kappa shape index (κ1) is 19.3. The van der Waals surface area contributed by atoms with Crippen LogP contribution in [0.1, 0.15) is 17.4 Å². The van der Waals surface area contributed by atoms with Crippen LogP contribution in [0.2, 0.25) is 0 Å². The minimum absolute atomic E-state index is 0.154. The zero-order valence-electron chi connectivity index (χ0n) is 14.3. The van der Waals surface area contributed by atoms with E-state index in [4.69, 9.17) is 12.2 Å². The summed E-state index contributed by atoms with van der Waals surface area (Å²) in [6.45, 7) is 0.294. The Morgan fingerprint density at radius 3 is 2.33 bits per heavy atom. The fraction of sp³-hybridized carbons (Fsp3) is 0.0952. The number of benzene rings is 3. The number of anilines is 1. The Bertz CT molecular complexity index is 909. The van der Waals surface area contributed by atoms with Crippen molar-refractivity contribution in [2.24, 2.45) is 0 Å². The number of hydrogen-bond acceptors (Lipinski definition) is 2. The number of nitrogens with zero attached hydrogens (tertiary/aromatic N) is 1. The van der Waals surface area contributed by atoms with E-state index >= 15 is 0 Å². The van der Waals surface area contributed by atoms with Gasteiger partial charge in [-0.15, -0.1) is 0 Å². The maximum atomic E-state index is 14.7. The number of phenols is 1. The molecule has 0 saturated heterocycles. The highest BCUT2D eigenvalue weighted by Crippen LogP contribution is 2.26. The first-order chi connectivity index (χ1) is 13.0. The summed E-state index contributed by atoms with van der Waals surface area (Å²) >= 11 is 8.90. The predicted octanol–water partition coefficient (Wildman–Crippen LogP) is 5.70. The van der Waals surface area contributed by atoms with Crippen LogP contribution >= 0.6 is 28.1 Å². The normalized spacial score (nSPS) is 11.6. The van der Waals surface area contributed by atoms with Gasteiger partial charge in [-0.2, -0.15) is 0 Å². The smallest absolute Gasteiger partial charge is 0.197 e. The number of para-hydroxylation sites is 1. The Morgan fingerprint density at radius 1 is 1.04 bits per heavy atom. The molecule has 0 fully saturated rings. The molecule has 27 heavy (non-hydrogen) atoms. The molecule has 3 aromatic rings. The fourth-order valence-electron chi connectivity index (χ4n) is 2.63. The Hall–Kier alpha value is -2.44. The third kappa shape index (κ3) is 5.05. The van der Waals surface area contributed by atoms with Gasteiger partial charge in [-0.1, -0.05) is 64.5 Å².